The highest BCUT2D eigenvalue weighted by Gasteiger charge is 2.19. The van der Waals surface area contributed by atoms with E-state index in [0.29, 0.717) is 12.8 Å². The van der Waals surface area contributed by atoms with Crippen molar-refractivity contribution in [1.82, 2.24) is 10.3 Å². The van der Waals surface area contributed by atoms with Crippen LogP contribution in [0.15, 0.2) is 18.3 Å². The quantitative estimate of drug-likeness (QED) is 0.691. The zero-order valence-corrected chi connectivity index (χ0v) is 10.1. The zero-order valence-electron chi connectivity index (χ0n) is 10.1. The first-order valence-corrected chi connectivity index (χ1v) is 5.70. The van der Waals surface area contributed by atoms with Crippen LogP contribution in [-0.2, 0) is 0 Å². The third-order valence-electron chi connectivity index (χ3n) is 2.56. The van der Waals surface area contributed by atoms with E-state index in [1.807, 2.05) is 6.92 Å². The van der Waals surface area contributed by atoms with E-state index in [9.17, 15) is 9.59 Å². The molecule has 0 spiro atoms. The van der Waals surface area contributed by atoms with Gasteiger partial charge in [-0.05, 0) is 25.0 Å². The SMILES string of the molecule is CCC(CCO)NC(=O)c1ncccc1C(=O)O. The highest BCUT2D eigenvalue weighted by molar-refractivity contribution is 6.03. The molecule has 1 unspecified atom stereocenters. The molecule has 0 aliphatic rings. The van der Waals surface area contributed by atoms with Crippen molar-refractivity contribution < 1.29 is 19.8 Å². The molecule has 0 radical (unpaired) electrons. The van der Waals surface area contributed by atoms with Gasteiger partial charge in [-0.2, -0.15) is 0 Å². The number of aliphatic hydroxyl groups is 1. The van der Waals surface area contributed by atoms with Crippen molar-refractivity contribution in [3.05, 3.63) is 29.6 Å². The second-order valence-electron chi connectivity index (χ2n) is 3.80. The second kappa shape index (κ2) is 6.70. The number of pyridine rings is 1. The number of carbonyl (C=O) groups is 2. The topological polar surface area (TPSA) is 99.5 Å². The van der Waals surface area contributed by atoms with Crippen LogP contribution in [0, 0.1) is 0 Å². The zero-order chi connectivity index (χ0) is 13.5. The Morgan fingerprint density at radius 3 is 2.78 bits per heavy atom. The monoisotopic (exact) mass is 252 g/mol. The van der Waals surface area contributed by atoms with E-state index in [1.165, 1.54) is 18.3 Å². The van der Waals surface area contributed by atoms with Gasteiger partial charge < -0.3 is 15.5 Å². The number of aliphatic hydroxyl groups excluding tert-OH is 1. The van der Waals surface area contributed by atoms with Gasteiger partial charge in [-0.15, -0.1) is 0 Å². The van der Waals surface area contributed by atoms with E-state index in [1.54, 1.807) is 0 Å². The predicted molar refractivity (Wildman–Crippen MR) is 64.4 cm³/mol. The molecule has 6 heteroatoms. The molecule has 1 aromatic rings. The number of aromatic nitrogens is 1. The van der Waals surface area contributed by atoms with Gasteiger partial charge in [0, 0.05) is 18.8 Å². The molecule has 1 amide bonds. The lowest BCUT2D eigenvalue weighted by Gasteiger charge is -2.15. The van der Waals surface area contributed by atoms with Gasteiger partial charge in [-0.25, -0.2) is 4.79 Å². The van der Waals surface area contributed by atoms with Gasteiger partial charge in [0.1, 0.15) is 5.69 Å². The summed E-state index contributed by atoms with van der Waals surface area (Å²) in [5.74, 6) is -1.73. The summed E-state index contributed by atoms with van der Waals surface area (Å²) >= 11 is 0. The van der Waals surface area contributed by atoms with Gasteiger partial charge in [0.15, 0.2) is 0 Å². The molecule has 0 aliphatic heterocycles. The van der Waals surface area contributed by atoms with Gasteiger partial charge in [-0.3, -0.25) is 9.78 Å². The fourth-order valence-electron chi connectivity index (χ4n) is 1.55. The molecule has 0 saturated carbocycles. The lowest BCUT2D eigenvalue weighted by molar-refractivity contribution is 0.0689. The summed E-state index contributed by atoms with van der Waals surface area (Å²) in [5, 5.41) is 20.4. The molecule has 1 aromatic heterocycles. The minimum Gasteiger partial charge on any atom is -0.478 e. The number of rotatable bonds is 6. The Morgan fingerprint density at radius 1 is 1.50 bits per heavy atom. The Hall–Kier alpha value is -1.95. The van der Waals surface area contributed by atoms with Crippen LogP contribution in [0.4, 0.5) is 0 Å². The fraction of sp³-hybridized carbons (Fsp3) is 0.417. The van der Waals surface area contributed by atoms with Crippen LogP contribution >= 0.6 is 0 Å². The van der Waals surface area contributed by atoms with E-state index < -0.39 is 11.9 Å². The van der Waals surface area contributed by atoms with Gasteiger partial charge in [-0.1, -0.05) is 6.92 Å². The summed E-state index contributed by atoms with van der Waals surface area (Å²) in [6, 6.07) is 2.61. The number of hydrogen-bond acceptors (Lipinski definition) is 4. The Bertz CT molecular complexity index is 434. The number of amides is 1. The van der Waals surface area contributed by atoms with E-state index in [-0.39, 0.29) is 23.9 Å². The first-order chi connectivity index (χ1) is 8.60. The fourth-order valence-corrected chi connectivity index (χ4v) is 1.55. The van der Waals surface area contributed by atoms with Crippen LogP contribution in [0.2, 0.25) is 0 Å². The smallest absolute Gasteiger partial charge is 0.338 e. The van der Waals surface area contributed by atoms with Gasteiger partial charge >= 0.3 is 5.97 Å². The Kier molecular flexibility index (Phi) is 5.26. The van der Waals surface area contributed by atoms with Gasteiger partial charge in [0.2, 0.25) is 0 Å². The maximum absolute atomic E-state index is 11.9. The van der Waals surface area contributed by atoms with Crippen molar-refractivity contribution >= 4 is 11.9 Å². The van der Waals surface area contributed by atoms with Crippen LogP contribution in [0.5, 0.6) is 0 Å². The van der Waals surface area contributed by atoms with Crippen molar-refractivity contribution in [3.8, 4) is 0 Å². The van der Waals surface area contributed by atoms with Crippen LogP contribution in [0.3, 0.4) is 0 Å². The van der Waals surface area contributed by atoms with E-state index in [2.05, 4.69) is 10.3 Å². The average Bonchev–Trinajstić information content (AvgIpc) is 2.38. The summed E-state index contributed by atoms with van der Waals surface area (Å²) in [7, 11) is 0. The lowest BCUT2D eigenvalue weighted by Crippen LogP contribution is -2.36. The molecule has 1 rings (SSSR count). The van der Waals surface area contributed by atoms with Crippen molar-refractivity contribution in [3.63, 3.8) is 0 Å². The van der Waals surface area contributed by atoms with E-state index in [4.69, 9.17) is 10.2 Å². The number of carboxylic acids is 1. The molecule has 3 N–H and O–H groups in total. The third kappa shape index (κ3) is 3.53. The average molecular weight is 252 g/mol. The maximum atomic E-state index is 11.9. The molecule has 1 heterocycles. The standard InChI is InChI=1S/C12H16N2O4/c1-2-8(5-7-15)14-11(16)10-9(12(17)18)4-3-6-13-10/h3-4,6,8,15H,2,5,7H2,1H3,(H,14,16)(H,17,18). The molecular formula is C12H16N2O4. The first kappa shape index (κ1) is 14.1. The van der Waals surface area contributed by atoms with Crippen LogP contribution < -0.4 is 5.32 Å². The number of carboxylic acid groups (broad SMARTS) is 1. The molecule has 98 valence electrons. The predicted octanol–water partition coefficient (Wildman–Crippen LogP) is 0.671. The Morgan fingerprint density at radius 2 is 2.22 bits per heavy atom. The van der Waals surface area contributed by atoms with Crippen molar-refractivity contribution in [2.75, 3.05) is 6.61 Å². The number of nitrogens with zero attached hydrogens (tertiary/aromatic N) is 1. The summed E-state index contributed by atoms with van der Waals surface area (Å²) in [5.41, 5.74) is -0.241. The van der Waals surface area contributed by atoms with E-state index in [0.717, 1.165) is 0 Å². The van der Waals surface area contributed by atoms with Gasteiger partial charge in [0.05, 0.1) is 5.56 Å². The molecule has 0 aromatic carbocycles. The van der Waals surface area contributed by atoms with Gasteiger partial charge in [0.25, 0.3) is 5.91 Å². The molecule has 18 heavy (non-hydrogen) atoms. The minimum atomic E-state index is -1.19. The van der Waals surface area contributed by atoms with Crippen molar-refractivity contribution in [2.45, 2.75) is 25.8 Å². The second-order valence-corrected chi connectivity index (χ2v) is 3.80. The minimum absolute atomic E-state index is 0.0349. The first-order valence-electron chi connectivity index (χ1n) is 5.70. The summed E-state index contributed by atoms with van der Waals surface area (Å²) in [6.07, 6.45) is 2.45. The lowest BCUT2D eigenvalue weighted by atomic mass is 10.1. The third-order valence-corrected chi connectivity index (χ3v) is 2.56. The molecule has 1 atom stereocenters. The van der Waals surface area contributed by atoms with Crippen molar-refractivity contribution in [2.24, 2.45) is 0 Å². The number of carbonyl (C=O) groups excluding carboxylic acids is 1. The normalized spacial score (nSPS) is 11.9. The number of aromatic carboxylic acids is 1. The molecule has 0 bridgehead atoms. The Labute approximate surface area is 105 Å². The maximum Gasteiger partial charge on any atom is 0.338 e. The molecule has 6 nitrogen and oxygen atoms in total. The van der Waals surface area contributed by atoms with Crippen LogP contribution in [0.25, 0.3) is 0 Å². The highest BCUT2D eigenvalue weighted by Crippen LogP contribution is 2.07. The van der Waals surface area contributed by atoms with E-state index >= 15 is 0 Å². The van der Waals surface area contributed by atoms with Crippen LogP contribution in [-0.4, -0.2) is 39.7 Å². The Balaban J connectivity index is 2.87. The molecular weight excluding hydrogens is 236 g/mol. The summed E-state index contributed by atoms with van der Waals surface area (Å²) in [6.45, 7) is 1.84. The molecule has 0 fully saturated rings. The highest BCUT2D eigenvalue weighted by atomic mass is 16.4. The molecule has 0 saturated heterocycles. The van der Waals surface area contributed by atoms with Crippen molar-refractivity contribution in [1.29, 1.82) is 0 Å². The summed E-state index contributed by atoms with van der Waals surface area (Å²) < 4.78 is 0. The number of hydrogen-bond donors (Lipinski definition) is 3. The van der Waals surface area contributed by atoms with Crippen LogP contribution in [0.1, 0.15) is 40.6 Å². The largest absolute Gasteiger partial charge is 0.478 e. The number of nitrogens with one attached hydrogen (secondary N) is 1. The molecule has 0 aliphatic carbocycles. The summed E-state index contributed by atoms with van der Waals surface area (Å²) in [4.78, 5) is 26.6.